The summed E-state index contributed by atoms with van der Waals surface area (Å²) < 4.78 is 1.06. The number of aliphatic hydroxyl groups excluding tert-OH is 1. The van der Waals surface area contributed by atoms with Gasteiger partial charge in [-0.2, -0.15) is 0 Å². The largest absolute Gasteiger partial charge is 0 e. The first-order chi connectivity index (χ1) is 9.41. The third-order valence-corrected chi connectivity index (χ3v) is 6.41. The molecule has 2 fully saturated rings. The molecular weight excluding hydrogens is 535 g/mol. The fourth-order valence-corrected chi connectivity index (χ4v) is 5.02. The Morgan fingerprint density at radius 3 is 2.76 bits per heavy atom. The molecule has 2 rings (SSSR count). The molecule has 1 N–H and O–H groups in total. The number of carbonyl (C=O) groups is 2. The average molecular weight is 549 g/mol. The van der Waals surface area contributed by atoms with Crippen LogP contribution in [0.5, 0.6) is 0 Å². The Bertz CT molecular complexity index is 520. The molecule has 0 aromatic carbocycles. The summed E-state index contributed by atoms with van der Waals surface area (Å²) in [6, 6.07) is 0. The van der Waals surface area contributed by atoms with Gasteiger partial charge in [0.05, 0.1) is 0 Å². The molecule has 2 unspecified atom stereocenters. The third-order valence-electron chi connectivity index (χ3n) is 3.26. The zero-order chi connectivity index (χ0) is 14.9. The molecule has 1 radical (unpaired) electrons. The summed E-state index contributed by atoms with van der Waals surface area (Å²) in [7, 11) is 1.51. The van der Waals surface area contributed by atoms with Crippen molar-refractivity contribution >= 4 is 26.8 Å². The Hall–Kier alpha value is 0.432. The van der Waals surface area contributed by atoms with Gasteiger partial charge in [-0.25, -0.2) is 0 Å². The van der Waals surface area contributed by atoms with Crippen LogP contribution in [0.15, 0.2) is 17.4 Å². The summed E-state index contributed by atoms with van der Waals surface area (Å²) in [5, 5.41) is 8.66. The van der Waals surface area contributed by atoms with Crippen LogP contribution in [0.3, 0.4) is 0 Å². The molecule has 0 aromatic heterocycles. The summed E-state index contributed by atoms with van der Waals surface area (Å²) in [6.45, 7) is 5.34. The van der Waals surface area contributed by atoms with E-state index in [-0.39, 0.29) is 55.5 Å². The van der Waals surface area contributed by atoms with Gasteiger partial charge in [-0.15, -0.1) is 0 Å². The van der Waals surface area contributed by atoms with E-state index < -0.39 is 5.25 Å². The molecule has 2 amide bonds. The second-order valence-corrected chi connectivity index (χ2v) is 7.32. The third kappa shape index (κ3) is 4.46. The maximum atomic E-state index is 12.2. The molecule has 1 heterocycles. The van der Waals surface area contributed by atoms with Crippen LogP contribution < -0.4 is 0 Å². The van der Waals surface area contributed by atoms with Gasteiger partial charge in [0.1, 0.15) is 0 Å². The Labute approximate surface area is 165 Å². The molecule has 7 heteroatoms. The molecule has 21 heavy (non-hydrogen) atoms. The molecule has 4 nitrogen and oxygen atoms in total. The van der Waals surface area contributed by atoms with E-state index in [0.717, 1.165) is 27.7 Å². The standard InChI is InChI=1S/C14H14NO3S.W.Y/c1-9(16)7-10-5-3-4-6-11(8-10)12-13(17)15(2)14(18)19-12;;/h1,3,6-7,11-12,16H,4-5H2,2H3;;/q-3;;/b10-7-;;. The molecule has 2 atom stereocenters. The van der Waals surface area contributed by atoms with Gasteiger partial charge in [0.25, 0.3) is 0 Å². The van der Waals surface area contributed by atoms with Crippen LogP contribution in [0.25, 0.3) is 0 Å². The Kier molecular flexibility index (Phi) is 7.73. The number of hydrogen-bond acceptors (Lipinski definition) is 4. The average Bonchev–Trinajstić information content (AvgIpc) is 2.55. The van der Waals surface area contributed by atoms with E-state index in [1.807, 2.05) is 0 Å². The van der Waals surface area contributed by atoms with Crippen LogP contribution >= 0.6 is 11.8 Å². The summed E-state index contributed by atoms with van der Waals surface area (Å²) in [5.74, 6) is -0.464. The molecule has 111 valence electrons. The maximum absolute atomic E-state index is 12.2. The fourth-order valence-electron chi connectivity index (χ4n) is 2.22. The number of thioether (sulfide) groups is 1. The minimum atomic E-state index is -0.394. The molecule has 2 aliphatic rings. The first kappa shape index (κ1) is 19.5. The molecule has 1 aliphatic carbocycles. The number of aliphatic hydroxyl groups is 1. The second-order valence-electron chi connectivity index (χ2n) is 4.65. The quantitative estimate of drug-likeness (QED) is 0.326. The molecular formula is C14H14NO3SWY-3. The van der Waals surface area contributed by atoms with E-state index in [0.29, 0.717) is 6.42 Å². The van der Waals surface area contributed by atoms with Crippen LogP contribution in [0.1, 0.15) is 12.8 Å². The first-order valence-corrected chi connectivity index (χ1v) is 8.45. The van der Waals surface area contributed by atoms with Crippen molar-refractivity contribution in [2.24, 2.45) is 5.92 Å². The van der Waals surface area contributed by atoms with E-state index in [4.69, 9.17) is 6.58 Å². The summed E-state index contributed by atoms with van der Waals surface area (Å²) >= 11 is 2.30. The zero-order valence-corrected chi connectivity index (χ0v) is 18.1. The summed E-state index contributed by atoms with van der Waals surface area (Å²) in [4.78, 5) is 25.0. The summed E-state index contributed by atoms with van der Waals surface area (Å²) in [5.41, 5.74) is 0.939. The van der Waals surface area contributed by atoms with Crippen molar-refractivity contribution in [2.45, 2.75) is 18.1 Å². The van der Waals surface area contributed by atoms with Crippen LogP contribution in [0.4, 0.5) is 4.79 Å². The van der Waals surface area contributed by atoms with E-state index in [2.05, 4.69) is 12.8 Å². The second kappa shape index (κ2) is 8.33. The predicted molar refractivity (Wildman–Crippen MR) is 74.4 cm³/mol. The molecule has 0 bridgehead atoms. The molecule has 1 saturated heterocycles. The van der Waals surface area contributed by atoms with Crippen LogP contribution in [0, 0.1) is 25.3 Å². The van der Waals surface area contributed by atoms with E-state index >= 15 is 0 Å². The SMILES string of the molecule is [CH-]=C(O)/C=C1/C[CH-]C[CH-]C(C2SC(=O)N(C)C2=O)[C]1=[W].[Y]. The Morgan fingerprint density at radius 1 is 1.57 bits per heavy atom. The zero-order valence-electron chi connectivity index (χ0n) is 11.5. The Morgan fingerprint density at radius 2 is 2.24 bits per heavy atom. The van der Waals surface area contributed by atoms with E-state index in [1.165, 1.54) is 31.3 Å². The molecule has 0 spiro atoms. The van der Waals surface area contributed by atoms with Gasteiger partial charge in [-0.05, 0) is 0 Å². The van der Waals surface area contributed by atoms with Gasteiger partial charge in [-0.1, -0.05) is 0 Å². The number of carbonyl (C=O) groups excluding carboxylic acids is 2. The van der Waals surface area contributed by atoms with E-state index in [1.54, 1.807) is 6.08 Å². The first-order valence-electron chi connectivity index (χ1n) is 6.11. The van der Waals surface area contributed by atoms with Crippen molar-refractivity contribution in [3.05, 3.63) is 36.8 Å². The van der Waals surface area contributed by atoms with Crippen molar-refractivity contribution in [1.29, 1.82) is 0 Å². The van der Waals surface area contributed by atoms with Crippen molar-refractivity contribution in [1.82, 2.24) is 4.90 Å². The molecule has 1 aliphatic heterocycles. The van der Waals surface area contributed by atoms with Crippen molar-refractivity contribution < 1.29 is 66.8 Å². The van der Waals surface area contributed by atoms with E-state index in [9.17, 15) is 14.7 Å². The number of allylic oxidation sites excluding steroid dienone is 2. The Balaban J connectivity index is 0.00000220. The van der Waals surface area contributed by atoms with Gasteiger partial charge in [0, 0.05) is 32.7 Å². The van der Waals surface area contributed by atoms with Gasteiger partial charge < -0.3 is 0 Å². The van der Waals surface area contributed by atoms with Crippen LogP contribution in [-0.4, -0.2) is 37.3 Å². The summed E-state index contributed by atoms with van der Waals surface area (Å²) in [6.07, 6.45) is 7.17. The molecule has 1 saturated carbocycles. The number of imide groups is 1. The fraction of sp³-hybridized carbons (Fsp3) is 0.357. The van der Waals surface area contributed by atoms with Crippen molar-refractivity contribution in [3.63, 3.8) is 0 Å². The van der Waals surface area contributed by atoms with Gasteiger partial charge >= 0.3 is 134 Å². The van der Waals surface area contributed by atoms with Crippen LogP contribution in [0.2, 0.25) is 0 Å². The van der Waals surface area contributed by atoms with Gasteiger partial charge in [0.2, 0.25) is 0 Å². The van der Waals surface area contributed by atoms with Crippen LogP contribution in [-0.2, 0) is 56.9 Å². The van der Waals surface area contributed by atoms with Crippen molar-refractivity contribution in [2.75, 3.05) is 7.05 Å². The minimum absolute atomic E-state index is 0. The van der Waals surface area contributed by atoms with Gasteiger partial charge in [0.15, 0.2) is 0 Å². The normalized spacial score (nSPS) is 28.5. The topological polar surface area (TPSA) is 57.6 Å². The smallest absolute Gasteiger partial charge is 0 e. The molecule has 0 aromatic rings. The number of nitrogens with zero attached hydrogens (tertiary/aromatic N) is 1. The maximum Gasteiger partial charge on any atom is 0 e. The number of hydrogen-bond donors (Lipinski definition) is 1. The monoisotopic (exact) mass is 549 g/mol. The number of amides is 2. The number of rotatable bonds is 2. The van der Waals surface area contributed by atoms with Gasteiger partial charge in [-0.3, -0.25) is 0 Å². The van der Waals surface area contributed by atoms with Crippen molar-refractivity contribution in [3.8, 4) is 0 Å². The minimum Gasteiger partial charge on any atom is 0 e. The predicted octanol–water partition coefficient (Wildman–Crippen LogP) is 2.02.